The van der Waals surface area contributed by atoms with Gasteiger partial charge in [-0.2, -0.15) is 0 Å². The van der Waals surface area contributed by atoms with Gasteiger partial charge in [-0.25, -0.2) is 4.79 Å². The lowest BCUT2D eigenvalue weighted by atomic mass is 10.1. The van der Waals surface area contributed by atoms with Gasteiger partial charge in [0.15, 0.2) is 0 Å². The number of benzene rings is 1. The lowest BCUT2D eigenvalue weighted by Gasteiger charge is -2.36. The summed E-state index contributed by atoms with van der Waals surface area (Å²) in [7, 11) is 1.70. The summed E-state index contributed by atoms with van der Waals surface area (Å²) in [4.78, 5) is 16.3. The number of piperazine rings is 1. The molecule has 0 bridgehead atoms. The smallest absolute Gasteiger partial charge is 0.407 e. The minimum atomic E-state index is -0.352. The second-order valence-electron chi connectivity index (χ2n) is 7.01. The molecule has 1 aromatic carbocycles. The summed E-state index contributed by atoms with van der Waals surface area (Å²) >= 11 is 0. The number of amides is 1. The SMILES string of the molecule is COc1ccccc1N1CCN(CCOC(=O)NC(C)(C)C)CC1. The first-order valence-corrected chi connectivity index (χ1v) is 8.44. The number of nitrogens with zero attached hydrogens (tertiary/aromatic N) is 2. The van der Waals surface area contributed by atoms with E-state index in [2.05, 4.69) is 21.2 Å². The lowest BCUT2D eigenvalue weighted by Crippen LogP contribution is -2.48. The molecule has 1 aromatic rings. The number of hydrogen-bond donors (Lipinski definition) is 1. The number of ether oxygens (including phenoxy) is 2. The average molecular weight is 335 g/mol. The Hall–Kier alpha value is -1.95. The molecule has 1 amide bonds. The van der Waals surface area contributed by atoms with Crippen molar-refractivity contribution in [2.45, 2.75) is 26.3 Å². The fourth-order valence-corrected chi connectivity index (χ4v) is 2.71. The first-order chi connectivity index (χ1) is 11.4. The van der Waals surface area contributed by atoms with Gasteiger partial charge >= 0.3 is 6.09 Å². The highest BCUT2D eigenvalue weighted by Gasteiger charge is 2.20. The van der Waals surface area contributed by atoms with Crippen LogP contribution in [0.4, 0.5) is 10.5 Å². The standard InChI is InChI=1S/C18H29N3O3/c1-18(2,3)19-17(22)24-14-13-20-9-11-21(12-10-20)15-7-5-6-8-16(15)23-4/h5-8H,9-14H2,1-4H3,(H,19,22). The van der Waals surface area contributed by atoms with Crippen molar-refractivity contribution >= 4 is 11.8 Å². The molecule has 0 atom stereocenters. The fraction of sp³-hybridized carbons (Fsp3) is 0.611. The van der Waals surface area contributed by atoms with Crippen molar-refractivity contribution in [1.82, 2.24) is 10.2 Å². The summed E-state index contributed by atoms with van der Waals surface area (Å²) in [5.41, 5.74) is 0.873. The third-order valence-electron chi connectivity index (χ3n) is 3.92. The number of hydrogen-bond acceptors (Lipinski definition) is 5. The second kappa shape index (κ2) is 8.24. The number of nitrogens with one attached hydrogen (secondary N) is 1. The summed E-state index contributed by atoms with van der Waals surface area (Å²) in [6, 6.07) is 8.10. The van der Waals surface area contributed by atoms with Crippen molar-refractivity contribution < 1.29 is 14.3 Å². The van der Waals surface area contributed by atoms with E-state index in [-0.39, 0.29) is 11.6 Å². The molecule has 0 unspecified atom stereocenters. The van der Waals surface area contributed by atoms with Crippen molar-refractivity contribution in [3.8, 4) is 5.75 Å². The van der Waals surface area contributed by atoms with E-state index in [1.54, 1.807) is 7.11 Å². The highest BCUT2D eigenvalue weighted by Crippen LogP contribution is 2.28. The van der Waals surface area contributed by atoms with Crippen LogP contribution in [0.2, 0.25) is 0 Å². The van der Waals surface area contributed by atoms with Gasteiger partial charge in [-0.1, -0.05) is 12.1 Å². The van der Waals surface area contributed by atoms with Gasteiger partial charge in [0.25, 0.3) is 0 Å². The fourth-order valence-electron chi connectivity index (χ4n) is 2.71. The first kappa shape index (κ1) is 18.4. The van der Waals surface area contributed by atoms with Crippen molar-refractivity contribution in [1.29, 1.82) is 0 Å². The van der Waals surface area contributed by atoms with Gasteiger partial charge in [0.05, 0.1) is 12.8 Å². The Balaban J connectivity index is 1.72. The monoisotopic (exact) mass is 335 g/mol. The summed E-state index contributed by atoms with van der Waals surface area (Å²) in [6.07, 6.45) is -0.352. The molecule has 1 heterocycles. The van der Waals surface area contributed by atoms with Crippen LogP contribution in [0.1, 0.15) is 20.8 Å². The van der Waals surface area contributed by atoms with Gasteiger partial charge in [0.2, 0.25) is 0 Å². The summed E-state index contributed by atoms with van der Waals surface area (Å²) < 4.78 is 10.7. The molecule has 2 rings (SSSR count). The summed E-state index contributed by atoms with van der Waals surface area (Å²) in [6.45, 7) is 10.8. The average Bonchev–Trinajstić information content (AvgIpc) is 2.54. The van der Waals surface area contributed by atoms with Crippen LogP contribution in [0.5, 0.6) is 5.75 Å². The molecule has 24 heavy (non-hydrogen) atoms. The first-order valence-electron chi connectivity index (χ1n) is 8.44. The van der Waals surface area contributed by atoms with Crippen LogP contribution in [0.3, 0.4) is 0 Å². The maximum Gasteiger partial charge on any atom is 0.407 e. The van der Waals surface area contributed by atoms with Gasteiger partial charge < -0.3 is 19.7 Å². The van der Waals surface area contributed by atoms with Gasteiger partial charge in [-0.05, 0) is 32.9 Å². The number of para-hydroxylation sites is 2. The maximum atomic E-state index is 11.6. The van der Waals surface area contributed by atoms with E-state index in [1.165, 1.54) is 0 Å². The molecule has 134 valence electrons. The Morgan fingerprint density at radius 1 is 1.17 bits per heavy atom. The van der Waals surface area contributed by atoms with E-state index < -0.39 is 0 Å². The lowest BCUT2D eigenvalue weighted by molar-refractivity contribution is 0.118. The van der Waals surface area contributed by atoms with Crippen LogP contribution in [0.25, 0.3) is 0 Å². The normalized spacial score (nSPS) is 15.9. The molecule has 6 heteroatoms. The molecule has 6 nitrogen and oxygen atoms in total. The van der Waals surface area contributed by atoms with Gasteiger partial charge in [0.1, 0.15) is 12.4 Å². The molecule has 0 aliphatic carbocycles. The minimum Gasteiger partial charge on any atom is -0.495 e. The molecule has 1 saturated heterocycles. The zero-order valence-electron chi connectivity index (χ0n) is 15.2. The van der Waals surface area contributed by atoms with Crippen LogP contribution in [-0.2, 0) is 4.74 Å². The van der Waals surface area contributed by atoms with E-state index in [0.717, 1.165) is 44.2 Å². The predicted octanol–water partition coefficient (Wildman–Crippen LogP) is 2.34. The summed E-state index contributed by atoms with van der Waals surface area (Å²) in [5.74, 6) is 0.910. The van der Waals surface area contributed by atoms with E-state index in [1.807, 2.05) is 39.0 Å². The van der Waals surface area contributed by atoms with Crippen LogP contribution in [0, 0.1) is 0 Å². The number of alkyl carbamates (subject to hydrolysis) is 1. The number of anilines is 1. The van der Waals surface area contributed by atoms with E-state index in [0.29, 0.717) is 6.61 Å². The van der Waals surface area contributed by atoms with Crippen LogP contribution in [0.15, 0.2) is 24.3 Å². The number of carbonyl (C=O) groups is 1. The third kappa shape index (κ3) is 5.60. The van der Waals surface area contributed by atoms with Crippen molar-refractivity contribution in [3.05, 3.63) is 24.3 Å². The molecule has 0 saturated carbocycles. The molecular formula is C18H29N3O3. The molecule has 0 radical (unpaired) electrons. The summed E-state index contributed by atoms with van der Waals surface area (Å²) in [5, 5.41) is 2.80. The van der Waals surface area contributed by atoms with Crippen LogP contribution < -0.4 is 15.0 Å². The van der Waals surface area contributed by atoms with E-state index in [4.69, 9.17) is 9.47 Å². The quantitative estimate of drug-likeness (QED) is 0.895. The predicted molar refractivity (Wildman–Crippen MR) is 95.9 cm³/mol. The van der Waals surface area contributed by atoms with Gasteiger partial charge in [0, 0.05) is 38.3 Å². The molecule has 1 N–H and O–H groups in total. The largest absolute Gasteiger partial charge is 0.495 e. The Kier molecular flexibility index (Phi) is 6.31. The highest BCUT2D eigenvalue weighted by atomic mass is 16.5. The zero-order chi connectivity index (χ0) is 17.6. The second-order valence-corrected chi connectivity index (χ2v) is 7.01. The van der Waals surface area contributed by atoms with Crippen molar-refractivity contribution in [2.75, 3.05) is 51.3 Å². The Morgan fingerprint density at radius 2 is 1.83 bits per heavy atom. The highest BCUT2D eigenvalue weighted by molar-refractivity contribution is 5.68. The van der Waals surface area contributed by atoms with Gasteiger partial charge in [-0.15, -0.1) is 0 Å². The number of carbonyl (C=O) groups excluding carboxylic acids is 1. The molecule has 0 aromatic heterocycles. The number of rotatable bonds is 5. The molecule has 1 fully saturated rings. The minimum absolute atomic E-state index is 0.266. The molecular weight excluding hydrogens is 306 g/mol. The van der Waals surface area contributed by atoms with E-state index >= 15 is 0 Å². The van der Waals surface area contributed by atoms with Crippen LogP contribution in [-0.4, -0.2) is 63.0 Å². The van der Waals surface area contributed by atoms with Crippen LogP contribution >= 0.6 is 0 Å². The van der Waals surface area contributed by atoms with E-state index in [9.17, 15) is 4.79 Å². The third-order valence-corrected chi connectivity index (χ3v) is 3.92. The number of methoxy groups -OCH3 is 1. The Bertz CT molecular complexity index is 535. The van der Waals surface area contributed by atoms with Crippen molar-refractivity contribution in [2.24, 2.45) is 0 Å². The Morgan fingerprint density at radius 3 is 2.46 bits per heavy atom. The molecule has 0 spiro atoms. The maximum absolute atomic E-state index is 11.6. The van der Waals surface area contributed by atoms with Gasteiger partial charge in [-0.3, -0.25) is 4.90 Å². The van der Waals surface area contributed by atoms with Crippen molar-refractivity contribution in [3.63, 3.8) is 0 Å². The molecule has 1 aliphatic rings. The molecule has 1 aliphatic heterocycles. The Labute approximate surface area is 144 Å². The topological polar surface area (TPSA) is 54.0 Å². The zero-order valence-corrected chi connectivity index (χ0v) is 15.2.